The molecule has 1 heterocycles. The van der Waals surface area contributed by atoms with Gasteiger partial charge in [-0.15, -0.1) is 0 Å². The first-order chi connectivity index (χ1) is 10.5. The van der Waals surface area contributed by atoms with Crippen molar-refractivity contribution in [2.45, 2.75) is 32.8 Å². The Bertz CT molecular complexity index is 467. The third-order valence-corrected chi connectivity index (χ3v) is 4.46. The van der Waals surface area contributed by atoms with E-state index in [0.717, 1.165) is 49.2 Å². The van der Waals surface area contributed by atoms with Crippen LogP contribution in [0.5, 0.6) is 11.5 Å². The Morgan fingerprint density at radius 1 is 1.18 bits per heavy atom. The Balaban J connectivity index is 1.95. The van der Waals surface area contributed by atoms with Crippen LogP contribution in [-0.4, -0.2) is 43.9 Å². The van der Waals surface area contributed by atoms with Crippen molar-refractivity contribution in [2.24, 2.45) is 11.8 Å². The Morgan fingerprint density at radius 2 is 1.86 bits per heavy atom. The Morgan fingerprint density at radius 3 is 2.45 bits per heavy atom. The minimum atomic E-state index is -0.506. The molecular weight excluding hydrogens is 278 g/mol. The Labute approximate surface area is 134 Å². The van der Waals surface area contributed by atoms with Gasteiger partial charge in [-0.25, -0.2) is 0 Å². The summed E-state index contributed by atoms with van der Waals surface area (Å²) in [6, 6.07) is 5.58. The number of piperidine rings is 1. The Hall–Kier alpha value is -1.26. The number of aliphatic hydroxyl groups excluding tert-OH is 1. The zero-order valence-corrected chi connectivity index (χ0v) is 14.2. The van der Waals surface area contributed by atoms with Gasteiger partial charge in [-0.3, -0.25) is 0 Å². The van der Waals surface area contributed by atoms with Crippen LogP contribution in [0.15, 0.2) is 18.2 Å². The molecule has 0 saturated carbocycles. The topological polar surface area (TPSA) is 41.9 Å². The number of benzene rings is 1. The maximum Gasteiger partial charge on any atom is 0.128 e. The van der Waals surface area contributed by atoms with Gasteiger partial charge >= 0.3 is 0 Å². The zero-order valence-electron chi connectivity index (χ0n) is 14.2. The van der Waals surface area contributed by atoms with E-state index >= 15 is 0 Å². The molecule has 0 radical (unpaired) electrons. The van der Waals surface area contributed by atoms with Gasteiger partial charge in [0.15, 0.2) is 0 Å². The van der Waals surface area contributed by atoms with Gasteiger partial charge in [0.25, 0.3) is 0 Å². The molecule has 4 heteroatoms. The van der Waals surface area contributed by atoms with Crippen molar-refractivity contribution < 1.29 is 14.6 Å². The average molecular weight is 307 g/mol. The summed E-state index contributed by atoms with van der Waals surface area (Å²) in [6.07, 6.45) is 1.53. The first-order valence-electron chi connectivity index (χ1n) is 8.15. The first-order valence-corrected chi connectivity index (χ1v) is 8.15. The van der Waals surface area contributed by atoms with E-state index in [9.17, 15) is 5.11 Å². The van der Waals surface area contributed by atoms with E-state index in [1.54, 1.807) is 14.2 Å². The van der Waals surface area contributed by atoms with Crippen molar-refractivity contribution in [3.8, 4) is 11.5 Å². The molecule has 3 unspecified atom stereocenters. The monoisotopic (exact) mass is 307 g/mol. The van der Waals surface area contributed by atoms with E-state index in [4.69, 9.17) is 9.47 Å². The predicted molar refractivity (Wildman–Crippen MR) is 88.5 cm³/mol. The maximum atomic E-state index is 10.5. The van der Waals surface area contributed by atoms with Crippen LogP contribution in [0.1, 0.15) is 38.4 Å². The van der Waals surface area contributed by atoms with Crippen LogP contribution < -0.4 is 9.47 Å². The summed E-state index contributed by atoms with van der Waals surface area (Å²) in [5.74, 6) is 2.92. The summed E-state index contributed by atoms with van der Waals surface area (Å²) in [7, 11) is 3.25. The Kier molecular flexibility index (Phi) is 6.09. The highest BCUT2D eigenvalue weighted by molar-refractivity contribution is 5.41. The SMILES string of the molecule is COc1ccc(C(O)CCN2CC(C)CC(C)C2)c(OC)c1. The highest BCUT2D eigenvalue weighted by Gasteiger charge is 2.23. The second kappa shape index (κ2) is 7.84. The van der Waals surface area contributed by atoms with Crippen LogP contribution >= 0.6 is 0 Å². The smallest absolute Gasteiger partial charge is 0.128 e. The van der Waals surface area contributed by atoms with E-state index < -0.39 is 6.10 Å². The summed E-state index contributed by atoms with van der Waals surface area (Å²) < 4.78 is 10.6. The summed E-state index contributed by atoms with van der Waals surface area (Å²) in [5.41, 5.74) is 0.835. The van der Waals surface area contributed by atoms with Crippen molar-refractivity contribution in [1.29, 1.82) is 0 Å². The maximum absolute atomic E-state index is 10.5. The molecule has 3 atom stereocenters. The average Bonchev–Trinajstić information content (AvgIpc) is 2.51. The van der Waals surface area contributed by atoms with Gasteiger partial charge in [0.1, 0.15) is 11.5 Å². The minimum Gasteiger partial charge on any atom is -0.497 e. The quantitative estimate of drug-likeness (QED) is 0.877. The second-order valence-corrected chi connectivity index (χ2v) is 6.62. The molecule has 0 bridgehead atoms. The van der Waals surface area contributed by atoms with Crippen molar-refractivity contribution in [3.63, 3.8) is 0 Å². The molecule has 0 aromatic heterocycles. The molecule has 2 rings (SSSR count). The predicted octanol–water partition coefficient (Wildman–Crippen LogP) is 3.11. The van der Waals surface area contributed by atoms with Crippen LogP contribution in [0, 0.1) is 11.8 Å². The lowest BCUT2D eigenvalue weighted by Crippen LogP contribution is -2.39. The van der Waals surface area contributed by atoms with Crippen LogP contribution in [0.3, 0.4) is 0 Å². The summed E-state index contributed by atoms with van der Waals surface area (Å²) in [6.45, 7) is 7.82. The van der Waals surface area contributed by atoms with E-state index in [1.165, 1.54) is 6.42 Å². The van der Waals surface area contributed by atoms with Gasteiger partial charge in [-0.05, 0) is 36.8 Å². The summed E-state index contributed by atoms with van der Waals surface area (Å²) in [5, 5.41) is 10.5. The highest BCUT2D eigenvalue weighted by Crippen LogP contribution is 2.31. The number of likely N-dealkylation sites (tertiary alicyclic amines) is 1. The van der Waals surface area contributed by atoms with E-state index in [0.29, 0.717) is 5.75 Å². The molecule has 22 heavy (non-hydrogen) atoms. The molecule has 1 N–H and O–H groups in total. The van der Waals surface area contributed by atoms with Gasteiger partial charge in [0, 0.05) is 31.3 Å². The van der Waals surface area contributed by atoms with Gasteiger partial charge < -0.3 is 19.5 Å². The largest absolute Gasteiger partial charge is 0.497 e. The minimum absolute atomic E-state index is 0.506. The molecule has 1 aromatic carbocycles. The first kappa shape index (κ1) is 17.1. The number of hydrogen-bond acceptors (Lipinski definition) is 4. The molecule has 0 aliphatic carbocycles. The van der Waals surface area contributed by atoms with Crippen molar-refractivity contribution >= 4 is 0 Å². The van der Waals surface area contributed by atoms with E-state index in [2.05, 4.69) is 18.7 Å². The lowest BCUT2D eigenvalue weighted by Gasteiger charge is -2.35. The molecular formula is C18H29NO3. The highest BCUT2D eigenvalue weighted by atomic mass is 16.5. The zero-order chi connectivity index (χ0) is 16.1. The van der Waals surface area contributed by atoms with Crippen molar-refractivity contribution in [1.82, 2.24) is 4.90 Å². The molecule has 1 aliphatic heterocycles. The molecule has 4 nitrogen and oxygen atoms in total. The fraction of sp³-hybridized carbons (Fsp3) is 0.667. The molecule has 124 valence electrons. The third-order valence-electron chi connectivity index (χ3n) is 4.46. The van der Waals surface area contributed by atoms with Crippen molar-refractivity contribution in [2.75, 3.05) is 33.9 Å². The van der Waals surface area contributed by atoms with Crippen LogP contribution in [0.2, 0.25) is 0 Å². The molecule has 1 fully saturated rings. The number of rotatable bonds is 6. The molecule has 0 spiro atoms. The summed E-state index contributed by atoms with van der Waals surface area (Å²) in [4.78, 5) is 2.47. The number of hydrogen-bond donors (Lipinski definition) is 1. The summed E-state index contributed by atoms with van der Waals surface area (Å²) >= 11 is 0. The lowest BCUT2D eigenvalue weighted by molar-refractivity contribution is 0.102. The second-order valence-electron chi connectivity index (χ2n) is 6.62. The fourth-order valence-electron chi connectivity index (χ4n) is 3.53. The fourth-order valence-corrected chi connectivity index (χ4v) is 3.53. The molecule has 1 aliphatic rings. The van der Waals surface area contributed by atoms with Gasteiger partial charge in [-0.2, -0.15) is 0 Å². The third kappa shape index (κ3) is 4.37. The number of aliphatic hydroxyl groups is 1. The van der Waals surface area contributed by atoms with E-state index in [-0.39, 0.29) is 0 Å². The van der Waals surface area contributed by atoms with Crippen molar-refractivity contribution in [3.05, 3.63) is 23.8 Å². The van der Waals surface area contributed by atoms with Gasteiger partial charge in [-0.1, -0.05) is 13.8 Å². The normalized spacial score (nSPS) is 24.0. The molecule has 1 saturated heterocycles. The number of ether oxygens (including phenoxy) is 2. The van der Waals surface area contributed by atoms with Crippen LogP contribution in [-0.2, 0) is 0 Å². The lowest BCUT2D eigenvalue weighted by atomic mass is 9.91. The molecule has 1 aromatic rings. The van der Waals surface area contributed by atoms with Crippen LogP contribution in [0.25, 0.3) is 0 Å². The van der Waals surface area contributed by atoms with Gasteiger partial charge in [0.05, 0.1) is 20.3 Å². The number of methoxy groups -OCH3 is 2. The standard InChI is InChI=1S/C18H29NO3/c1-13-9-14(2)12-19(11-13)8-7-17(20)16-6-5-15(21-3)10-18(16)22-4/h5-6,10,13-14,17,20H,7-9,11-12H2,1-4H3. The molecule has 0 amide bonds. The van der Waals surface area contributed by atoms with Gasteiger partial charge in [0.2, 0.25) is 0 Å². The van der Waals surface area contributed by atoms with Crippen LogP contribution in [0.4, 0.5) is 0 Å². The van der Waals surface area contributed by atoms with E-state index in [1.807, 2.05) is 18.2 Å². The number of nitrogens with zero attached hydrogens (tertiary/aromatic N) is 1.